The van der Waals surface area contributed by atoms with Crippen molar-refractivity contribution in [3.63, 3.8) is 0 Å². The van der Waals surface area contributed by atoms with Crippen LogP contribution >= 0.6 is 35.0 Å². The number of benzene rings is 1. The zero-order chi connectivity index (χ0) is 26.0. The summed E-state index contributed by atoms with van der Waals surface area (Å²) in [5, 5.41) is 5.79. The normalized spacial score (nSPS) is 14.8. The summed E-state index contributed by atoms with van der Waals surface area (Å²) in [6, 6.07) is 7.01. The summed E-state index contributed by atoms with van der Waals surface area (Å²) >= 11 is 13.6. The van der Waals surface area contributed by atoms with Gasteiger partial charge in [0.1, 0.15) is 22.1 Å². The van der Waals surface area contributed by atoms with E-state index in [1.165, 1.54) is 11.8 Å². The number of aryl methyl sites for hydroxylation is 1. The molecule has 0 spiro atoms. The summed E-state index contributed by atoms with van der Waals surface area (Å²) in [5.41, 5.74) is 1.46. The Morgan fingerprint density at radius 3 is 2.47 bits per heavy atom. The van der Waals surface area contributed by atoms with E-state index < -0.39 is 5.60 Å². The molecule has 0 saturated carbocycles. The van der Waals surface area contributed by atoms with Crippen LogP contribution in [0.25, 0.3) is 11.3 Å². The predicted octanol–water partition coefficient (Wildman–Crippen LogP) is 6.38. The number of carbonyl (C=O) groups is 1. The van der Waals surface area contributed by atoms with Crippen LogP contribution in [-0.2, 0) is 10.5 Å². The molecule has 0 radical (unpaired) electrons. The number of likely N-dealkylation sites (tertiary alicyclic amines) is 1. The summed E-state index contributed by atoms with van der Waals surface area (Å²) < 4.78 is 12.6. The summed E-state index contributed by atoms with van der Waals surface area (Å²) in [5.74, 6) is 1.11. The number of hydrogen-bond donors (Lipinski definition) is 0. The Morgan fingerprint density at radius 1 is 1.17 bits per heavy atom. The minimum atomic E-state index is -0.532. The summed E-state index contributed by atoms with van der Waals surface area (Å²) in [7, 11) is 0. The topological polar surface area (TPSA) is 90.5 Å². The zero-order valence-electron chi connectivity index (χ0n) is 20.6. The number of thioether (sulfide) groups is 1. The smallest absolute Gasteiger partial charge is 0.410 e. The molecule has 1 fully saturated rings. The lowest BCUT2D eigenvalue weighted by atomic mass is 10.1. The Kier molecular flexibility index (Phi) is 8.02. The molecule has 1 aromatic carbocycles. The van der Waals surface area contributed by atoms with Gasteiger partial charge >= 0.3 is 11.8 Å². The van der Waals surface area contributed by atoms with Crippen molar-refractivity contribution in [1.29, 1.82) is 0 Å². The Morgan fingerprint density at radius 2 is 1.83 bits per heavy atom. The molecule has 1 aliphatic rings. The second-order valence-corrected chi connectivity index (χ2v) is 11.6. The molecule has 3 heterocycles. The molecule has 3 aromatic rings. The van der Waals surface area contributed by atoms with E-state index in [0.29, 0.717) is 58.2 Å². The van der Waals surface area contributed by atoms with E-state index in [9.17, 15) is 9.59 Å². The summed E-state index contributed by atoms with van der Waals surface area (Å²) in [6.07, 6.45) is 2.87. The van der Waals surface area contributed by atoms with Gasteiger partial charge in [-0.05, 0) is 64.3 Å². The monoisotopic (exact) mass is 550 g/mol. The number of amides is 1. The van der Waals surface area contributed by atoms with Crippen molar-refractivity contribution in [2.45, 2.75) is 63.0 Å². The quantitative estimate of drug-likeness (QED) is 0.269. The summed E-state index contributed by atoms with van der Waals surface area (Å²) in [6.45, 7) is 8.55. The van der Waals surface area contributed by atoms with Crippen LogP contribution in [0.5, 0.6) is 0 Å². The number of halogens is 2. The van der Waals surface area contributed by atoms with Gasteiger partial charge in [0.05, 0.1) is 5.75 Å². The van der Waals surface area contributed by atoms with E-state index in [0.717, 1.165) is 11.1 Å². The fourth-order valence-corrected chi connectivity index (χ4v) is 5.33. The molecule has 1 aliphatic heterocycles. The van der Waals surface area contributed by atoms with Gasteiger partial charge in [0.25, 0.3) is 0 Å². The molecule has 1 amide bonds. The van der Waals surface area contributed by atoms with Gasteiger partial charge in [-0.3, -0.25) is 4.57 Å². The number of hydrogen-bond acceptors (Lipinski definition) is 7. The largest absolute Gasteiger partial charge is 0.444 e. The maximum Gasteiger partial charge on any atom is 0.410 e. The molecule has 0 unspecified atom stereocenters. The second kappa shape index (κ2) is 10.9. The van der Waals surface area contributed by atoms with E-state index >= 15 is 0 Å². The Hall–Kier alpha value is -2.49. The van der Waals surface area contributed by atoms with Crippen LogP contribution in [0.4, 0.5) is 4.79 Å². The standard InChI is InChI=1S/C25H28Cl2N4O4S/c1-15-13-31(19-5-7-30(8-6-19)24(33)34-25(2,3)4)23(32)28-22(15)36-14-20-12-21(29-35-20)16-9-17(26)11-18(27)10-16/h9-13,19H,5-8,14H2,1-4H3. The van der Waals surface area contributed by atoms with Crippen LogP contribution in [-0.4, -0.2) is 44.4 Å². The number of carbonyl (C=O) groups excluding carboxylic acids is 1. The molecule has 192 valence electrons. The van der Waals surface area contributed by atoms with Gasteiger partial charge in [-0.25, -0.2) is 9.59 Å². The third kappa shape index (κ3) is 6.63. The number of piperidine rings is 1. The van der Waals surface area contributed by atoms with Crippen molar-refractivity contribution in [1.82, 2.24) is 19.6 Å². The minimum Gasteiger partial charge on any atom is -0.444 e. The van der Waals surface area contributed by atoms with Gasteiger partial charge in [-0.1, -0.05) is 40.1 Å². The lowest BCUT2D eigenvalue weighted by Gasteiger charge is -2.34. The molecular formula is C25H28Cl2N4O4S. The van der Waals surface area contributed by atoms with E-state index in [1.54, 1.807) is 27.7 Å². The molecule has 8 nitrogen and oxygen atoms in total. The molecule has 11 heteroatoms. The molecule has 0 aliphatic carbocycles. The van der Waals surface area contributed by atoms with E-state index in [-0.39, 0.29) is 17.8 Å². The first-order chi connectivity index (χ1) is 17.0. The first-order valence-corrected chi connectivity index (χ1v) is 13.4. The van der Waals surface area contributed by atoms with Crippen molar-refractivity contribution >= 4 is 41.1 Å². The first kappa shape index (κ1) is 26.6. The maximum atomic E-state index is 12.8. The highest BCUT2D eigenvalue weighted by molar-refractivity contribution is 7.98. The van der Waals surface area contributed by atoms with E-state index in [2.05, 4.69) is 10.1 Å². The average Bonchev–Trinajstić information content (AvgIpc) is 3.27. The number of aromatic nitrogens is 3. The van der Waals surface area contributed by atoms with E-state index in [1.807, 2.05) is 40.0 Å². The highest BCUT2D eigenvalue weighted by atomic mass is 35.5. The number of ether oxygens (including phenoxy) is 1. The van der Waals surface area contributed by atoms with Crippen molar-refractivity contribution in [2.75, 3.05) is 13.1 Å². The number of nitrogens with zero attached hydrogens (tertiary/aromatic N) is 4. The lowest BCUT2D eigenvalue weighted by molar-refractivity contribution is 0.0187. The van der Waals surface area contributed by atoms with Gasteiger partial charge in [-0.15, -0.1) is 0 Å². The zero-order valence-corrected chi connectivity index (χ0v) is 22.9. The third-order valence-corrected chi connectivity index (χ3v) is 7.22. The molecule has 1 saturated heterocycles. The molecule has 36 heavy (non-hydrogen) atoms. The molecule has 2 aromatic heterocycles. The predicted molar refractivity (Wildman–Crippen MR) is 141 cm³/mol. The van der Waals surface area contributed by atoms with Crippen molar-refractivity contribution in [2.24, 2.45) is 0 Å². The van der Waals surface area contributed by atoms with Gasteiger partial charge in [0, 0.05) is 47.0 Å². The molecular weight excluding hydrogens is 523 g/mol. The SMILES string of the molecule is Cc1cn(C2CCN(C(=O)OC(C)(C)C)CC2)c(=O)nc1SCc1cc(-c2cc(Cl)cc(Cl)c2)no1. The molecule has 4 rings (SSSR count). The average molecular weight is 551 g/mol. The number of rotatable bonds is 5. The molecule has 0 atom stereocenters. The van der Waals surface area contributed by atoms with Gasteiger partial charge in [0.15, 0.2) is 0 Å². The second-order valence-electron chi connectivity index (χ2n) is 9.74. The van der Waals surface area contributed by atoms with Gasteiger partial charge in [-0.2, -0.15) is 4.98 Å². The lowest BCUT2D eigenvalue weighted by Crippen LogP contribution is -2.43. The van der Waals surface area contributed by atoms with Crippen LogP contribution in [0.15, 0.2) is 44.8 Å². The van der Waals surface area contributed by atoms with Crippen LogP contribution < -0.4 is 5.69 Å². The van der Waals surface area contributed by atoms with Gasteiger partial charge < -0.3 is 14.2 Å². The van der Waals surface area contributed by atoms with Crippen LogP contribution in [0.1, 0.15) is 51.0 Å². The fourth-order valence-electron chi connectivity index (χ4n) is 3.97. The van der Waals surface area contributed by atoms with E-state index in [4.69, 9.17) is 32.5 Å². The first-order valence-electron chi connectivity index (χ1n) is 11.6. The maximum absolute atomic E-state index is 12.8. The Labute approximate surface area is 223 Å². The molecule has 0 bridgehead atoms. The highest BCUT2D eigenvalue weighted by Gasteiger charge is 2.28. The van der Waals surface area contributed by atoms with Crippen LogP contribution in [0.2, 0.25) is 10.0 Å². The Bertz CT molecular complexity index is 1290. The third-order valence-electron chi connectivity index (χ3n) is 5.67. The molecule has 0 N–H and O–H groups in total. The van der Waals surface area contributed by atoms with Crippen molar-refractivity contribution in [3.8, 4) is 11.3 Å². The fraction of sp³-hybridized carbons (Fsp3) is 0.440. The minimum absolute atomic E-state index is 0.0113. The van der Waals surface area contributed by atoms with Crippen molar-refractivity contribution in [3.05, 3.63) is 62.3 Å². The van der Waals surface area contributed by atoms with Crippen molar-refractivity contribution < 1.29 is 14.1 Å². The summed E-state index contributed by atoms with van der Waals surface area (Å²) in [4.78, 5) is 31.2. The van der Waals surface area contributed by atoms with Gasteiger partial charge in [0.2, 0.25) is 0 Å². The van der Waals surface area contributed by atoms with Crippen LogP contribution in [0.3, 0.4) is 0 Å². The van der Waals surface area contributed by atoms with Crippen LogP contribution in [0, 0.1) is 6.92 Å². The highest BCUT2D eigenvalue weighted by Crippen LogP contribution is 2.30. The Balaban J connectivity index is 1.38.